The number of unbranched alkanes of at least 4 members (excludes halogenated alkanes) is 8. The highest BCUT2D eigenvalue weighted by Gasteiger charge is 1.96. The summed E-state index contributed by atoms with van der Waals surface area (Å²) < 4.78 is 0. The van der Waals surface area contributed by atoms with Crippen molar-refractivity contribution in [3.63, 3.8) is 0 Å². The average Bonchev–Trinajstić information content (AvgIpc) is 2.45. The minimum absolute atomic E-state index is 0.343. The predicted molar refractivity (Wildman–Crippen MR) is 79.7 cm³/mol. The SMILES string of the molecule is CCCCCCCCCCCC(=O)O.OCC(O)CO. The summed E-state index contributed by atoms with van der Waals surface area (Å²) in [6.45, 7) is 1.50. The zero-order valence-corrected chi connectivity index (χ0v) is 12.8. The highest BCUT2D eigenvalue weighted by Crippen LogP contribution is 2.10. The molecule has 0 aliphatic heterocycles. The lowest BCUT2D eigenvalue weighted by Crippen LogP contribution is -2.15. The molecule has 0 unspecified atom stereocenters. The number of carboxylic acid groups (broad SMARTS) is 1. The minimum atomic E-state index is -0.954. The molecule has 0 radical (unpaired) electrons. The number of aliphatic hydroxyl groups is 3. The van der Waals surface area contributed by atoms with Crippen LogP contribution in [0.1, 0.15) is 71.1 Å². The summed E-state index contributed by atoms with van der Waals surface area (Å²) in [7, 11) is 0. The van der Waals surface area contributed by atoms with Crippen LogP contribution in [0.25, 0.3) is 0 Å². The highest BCUT2D eigenvalue weighted by molar-refractivity contribution is 5.66. The highest BCUT2D eigenvalue weighted by atomic mass is 16.4. The van der Waals surface area contributed by atoms with Crippen LogP contribution in [0.5, 0.6) is 0 Å². The van der Waals surface area contributed by atoms with Crippen molar-refractivity contribution in [1.29, 1.82) is 0 Å². The van der Waals surface area contributed by atoms with Gasteiger partial charge in [0.2, 0.25) is 0 Å². The van der Waals surface area contributed by atoms with Crippen molar-refractivity contribution in [3.05, 3.63) is 0 Å². The van der Waals surface area contributed by atoms with E-state index in [0.717, 1.165) is 12.8 Å². The zero-order chi connectivity index (χ0) is 15.6. The molecular formula is C15H32O5. The summed E-state index contributed by atoms with van der Waals surface area (Å²) >= 11 is 0. The van der Waals surface area contributed by atoms with Gasteiger partial charge in [-0.1, -0.05) is 58.3 Å². The first-order chi connectivity index (χ1) is 9.58. The molecule has 0 atom stereocenters. The monoisotopic (exact) mass is 292 g/mol. The minimum Gasteiger partial charge on any atom is -0.481 e. The Balaban J connectivity index is 0. The number of aliphatic carboxylic acids is 1. The smallest absolute Gasteiger partial charge is 0.303 e. The Morgan fingerprint density at radius 1 is 0.850 bits per heavy atom. The van der Waals surface area contributed by atoms with Gasteiger partial charge in [-0.2, -0.15) is 0 Å². The lowest BCUT2D eigenvalue weighted by Gasteiger charge is -2.00. The van der Waals surface area contributed by atoms with Crippen molar-refractivity contribution < 1.29 is 25.2 Å². The fourth-order valence-corrected chi connectivity index (χ4v) is 1.64. The summed E-state index contributed by atoms with van der Waals surface area (Å²) in [5.41, 5.74) is 0. The number of rotatable bonds is 12. The van der Waals surface area contributed by atoms with E-state index in [9.17, 15) is 4.79 Å². The van der Waals surface area contributed by atoms with Gasteiger partial charge in [-0.15, -0.1) is 0 Å². The van der Waals surface area contributed by atoms with Gasteiger partial charge < -0.3 is 20.4 Å². The molecule has 0 saturated carbocycles. The van der Waals surface area contributed by atoms with E-state index >= 15 is 0 Å². The van der Waals surface area contributed by atoms with Crippen molar-refractivity contribution in [2.24, 2.45) is 0 Å². The van der Waals surface area contributed by atoms with Crippen molar-refractivity contribution in [3.8, 4) is 0 Å². The van der Waals surface area contributed by atoms with Gasteiger partial charge in [-0.3, -0.25) is 4.79 Å². The van der Waals surface area contributed by atoms with Crippen LogP contribution in [0.15, 0.2) is 0 Å². The molecule has 5 nitrogen and oxygen atoms in total. The molecule has 0 saturated heterocycles. The van der Waals surface area contributed by atoms with E-state index in [1.165, 1.54) is 44.9 Å². The van der Waals surface area contributed by atoms with Crippen molar-refractivity contribution in [2.45, 2.75) is 77.2 Å². The van der Waals surface area contributed by atoms with Gasteiger partial charge in [0.15, 0.2) is 0 Å². The second-order valence-corrected chi connectivity index (χ2v) is 4.99. The Hall–Kier alpha value is -0.650. The third-order valence-corrected chi connectivity index (χ3v) is 2.92. The molecule has 0 heterocycles. The molecule has 0 spiro atoms. The van der Waals surface area contributed by atoms with E-state index in [1.807, 2.05) is 0 Å². The summed E-state index contributed by atoms with van der Waals surface area (Å²) in [4.78, 5) is 10.2. The van der Waals surface area contributed by atoms with Crippen LogP contribution in [0.4, 0.5) is 0 Å². The molecule has 0 amide bonds. The Morgan fingerprint density at radius 3 is 1.55 bits per heavy atom. The molecule has 0 bridgehead atoms. The number of carboxylic acids is 1. The predicted octanol–water partition coefficient (Wildman–Crippen LogP) is 2.32. The van der Waals surface area contributed by atoms with Crippen LogP contribution in [0.3, 0.4) is 0 Å². The largest absolute Gasteiger partial charge is 0.481 e. The molecule has 0 aromatic heterocycles. The Bertz CT molecular complexity index is 193. The first-order valence-electron chi connectivity index (χ1n) is 7.70. The Morgan fingerprint density at radius 2 is 1.25 bits per heavy atom. The molecule has 4 N–H and O–H groups in total. The second kappa shape index (κ2) is 18.4. The van der Waals surface area contributed by atoms with Crippen LogP contribution >= 0.6 is 0 Å². The lowest BCUT2D eigenvalue weighted by atomic mass is 10.1. The van der Waals surface area contributed by atoms with Gasteiger partial charge >= 0.3 is 5.97 Å². The van der Waals surface area contributed by atoms with Gasteiger partial charge in [0, 0.05) is 6.42 Å². The molecule has 0 aliphatic rings. The third-order valence-electron chi connectivity index (χ3n) is 2.92. The molecule has 5 heteroatoms. The third kappa shape index (κ3) is 22.5. The maximum Gasteiger partial charge on any atom is 0.303 e. The quantitative estimate of drug-likeness (QED) is 0.414. The Labute approximate surface area is 122 Å². The molecule has 0 fully saturated rings. The first-order valence-corrected chi connectivity index (χ1v) is 7.70. The number of hydrogen-bond donors (Lipinski definition) is 4. The maximum absolute atomic E-state index is 10.2. The molecule has 20 heavy (non-hydrogen) atoms. The number of aliphatic hydroxyl groups excluding tert-OH is 3. The molecular weight excluding hydrogens is 260 g/mol. The Kier molecular flexibility index (Phi) is 19.9. The average molecular weight is 292 g/mol. The van der Waals surface area contributed by atoms with Crippen molar-refractivity contribution in [2.75, 3.05) is 13.2 Å². The fourth-order valence-electron chi connectivity index (χ4n) is 1.64. The van der Waals surface area contributed by atoms with Crippen LogP contribution in [0.2, 0.25) is 0 Å². The molecule has 0 aromatic carbocycles. The second-order valence-electron chi connectivity index (χ2n) is 4.99. The fraction of sp³-hybridized carbons (Fsp3) is 0.933. The number of carbonyl (C=O) groups is 1. The van der Waals surface area contributed by atoms with Crippen LogP contribution in [-0.4, -0.2) is 45.7 Å². The van der Waals surface area contributed by atoms with Gasteiger partial charge in [0.1, 0.15) is 6.10 Å². The van der Waals surface area contributed by atoms with E-state index < -0.39 is 12.1 Å². The van der Waals surface area contributed by atoms with Gasteiger partial charge in [-0.05, 0) is 6.42 Å². The van der Waals surface area contributed by atoms with Crippen LogP contribution < -0.4 is 0 Å². The van der Waals surface area contributed by atoms with E-state index in [-0.39, 0.29) is 13.2 Å². The lowest BCUT2D eigenvalue weighted by molar-refractivity contribution is -0.137. The molecule has 0 rings (SSSR count). The zero-order valence-electron chi connectivity index (χ0n) is 12.8. The van der Waals surface area contributed by atoms with Gasteiger partial charge in [0.25, 0.3) is 0 Å². The van der Waals surface area contributed by atoms with Crippen molar-refractivity contribution in [1.82, 2.24) is 0 Å². The van der Waals surface area contributed by atoms with E-state index in [2.05, 4.69) is 6.92 Å². The summed E-state index contributed by atoms with van der Waals surface area (Å²) in [6.07, 6.45) is 10.5. The van der Waals surface area contributed by atoms with Crippen LogP contribution in [-0.2, 0) is 4.79 Å². The standard InChI is InChI=1S/C12H24O2.C3H8O3/c1-2-3-4-5-6-7-8-9-10-11-12(13)14;4-1-3(6)2-5/h2-11H2,1H3,(H,13,14);3-6H,1-2H2. The van der Waals surface area contributed by atoms with Gasteiger partial charge in [-0.25, -0.2) is 0 Å². The van der Waals surface area contributed by atoms with E-state index in [0.29, 0.717) is 6.42 Å². The summed E-state index contributed by atoms with van der Waals surface area (Å²) in [5.74, 6) is -0.659. The summed E-state index contributed by atoms with van der Waals surface area (Å²) in [5, 5.41) is 32.4. The normalized spacial score (nSPS) is 10.2. The van der Waals surface area contributed by atoms with Crippen LogP contribution in [0, 0.1) is 0 Å². The van der Waals surface area contributed by atoms with Gasteiger partial charge in [0.05, 0.1) is 13.2 Å². The van der Waals surface area contributed by atoms with E-state index in [1.54, 1.807) is 0 Å². The first kappa shape index (κ1) is 21.6. The molecule has 122 valence electrons. The number of hydrogen-bond acceptors (Lipinski definition) is 4. The molecule has 0 aliphatic carbocycles. The topological polar surface area (TPSA) is 98.0 Å². The maximum atomic E-state index is 10.2. The van der Waals surface area contributed by atoms with Crippen molar-refractivity contribution >= 4 is 5.97 Å². The van der Waals surface area contributed by atoms with E-state index in [4.69, 9.17) is 20.4 Å². The summed E-state index contributed by atoms with van der Waals surface area (Å²) in [6, 6.07) is 0. The molecule has 0 aromatic rings.